The van der Waals surface area contributed by atoms with Crippen LogP contribution in [0.1, 0.15) is 21.8 Å². The number of nitro groups is 1. The molecule has 4 rings (SSSR count). The van der Waals surface area contributed by atoms with Gasteiger partial charge in [0.1, 0.15) is 5.82 Å². The van der Waals surface area contributed by atoms with Gasteiger partial charge in [-0.25, -0.2) is 0 Å². The lowest BCUT2D eigenvalue weighted by Crippen LogP contribution is -2.16. The SMILES string of the molecule is Cc1cc([N+](=O)[O-])ccc1NC(=O)CSc1nnc(Cc2cccs2)n1CCc1ccccc1. The number of aryl methyl sites for hydroxylation is 2. The van der Waals surface area contributed by atoms with Gasteiger partial charge in [-0.3, -0.25) is 14.9 Å². The first-order valence-electron chi connectivity index (χ1n) is 10.7. The van der Waals surface area contributed by atoms with Gasteiger partial charge in [-0.2, -0.15) is 0 Å². The maximum absolute atomic E-state index is 12.6. The third-order valence-corrected chi connectivity index (χ3v) is 7.04. The number of thioether (sulfide) groups is 1. The molecule has 2 aromatic carbocycles. The third-order valence-electron chi connectivity index (χ3n) is 5.20. The number of carbonyl (C=O) groups is 1. The van der Waals surface area contributed by atoms with Crippen molar-refractivity contribution in [2.24, 2.45) is 0 Å². The van der Waals surface area contributed by atoms with Crippen LogP contribution in [0.2, 0.25) is 0 Å². The zero-order valence-corrected chi connectivity index (χ0v) is 20.1. The van der Waals surface area contributed by atoms with E-state index in [1.807, 2.05) is 29.6 Å². The molecule has 0 radical (unpaired) electrons. The second-order valence-corrected chi connectivity index (χ2v) is 9.61. The maximum Gasteiger partial charge on any atom is 0.269 e. The molecule has 2 aromatic heterocycles. The zero-order valence-electron chi connectivity index (χ0n) is 18.5. The summed E-state index contributed by atoms with van der Waals surface area (Å²) in [5.41, 5.74) is 2.41. The lowest BCUT2D eigenvalue weighted by atomic mass is 10.1. The molecule has 0 aliphatic rings. The number of carbonyl (C=O) groups excluding carboxylic acids is 1. The zero-order chi connectivity index (χ0) is 23.9. The highest BCUT2D eigenvalue weighted by Crippen LogP contribution is 2.24. The number of anilines is 1. The number of nitrogens with one attached hydrogen (secondary N) is 1. The van der Waals surface area contributed by atoms with Gasteiger partial charge in [0.15, 0.2) is 5.16 Å². The van der Waals surface area contributed by atoms with E-state index in [4.69, 9.17) is 0 Å². The van der Waals surface area contributed by atoms with Gasteiger partial charge < -0.3 is 9.88 Å². The summed E-state index contributed by atoms with van der Waals surface area (Å²) in [6.07, 6.45) is 1.52. The van der Waals surface area contributed by atoms with E-state index >= 15 is 0 Å². The minimum Gasteiger partial charge on any atom is -0.325 e. The molecule has 0 aliphatic heterocycles. The second-order valence-electron chi connectivity index (χ2n) is 7.64. The smallest absolute Gasteiger partial charge is 0.269 e. The Kier molecular flexibility index (Phi) is 7.71. The standard InChI is InChI=1S/C24H23N5O3S2/c1-17-14-19(29(31)32)9-10-21(17)25-23(30)16-34-24-27-26-22(15-20-8-5-13-33-20)28(24)12-11-18-6-3-2-4-7-18/h2-10,13-14H,11-12,15-16H2,1H3,(H,25,30). The summed E-state index contributed by atoms with van der Waals surface area (Å²) in [5.74, 6) is 0.811. The molecule has 2 heterocycles. The van der Waals surface area contributed by atoms with Gasteiger partial charge in [-0.05, 0) is 42.0 Å². The van der Waals surface area contributed by atoms with Crippen LogP contribution in [-0.4, -0.2) is 31.3 Å². The van der Waals surface area contributed by atoms with Crippen molar-refractivity contribution < 1.29 is 9.72 Å². The Balaban J connectivity index is 1.44. The van der Waals surface area contributed by atoms with E-state index in [0.717, 1.165) is 12.2 Å². The van der Waals surface area contributed by atoms with Gasteiger partial charge in [0, 0.05) is 35.7 Å². The quantitative estimate of drug-likeness (QED) is 0.187. The average molecular weight is 494 g/mol. The minimum absolute atomic E-state index is 0.00494. The highest BCUT2D eigenvalue weighted by molar-refractivity contribution is 7.99. The van der Waals surface area contributed by atoms with Gasteiger partial charge in [-0.15, -0.1) is 21.5 Å². The summed E-state index contributed by atoms with van der Waals surface area (Å²) < 4.78 is 2.09. The molecule has 0 spiro atoms. The summed E-state index contributed by atoms with van der Waals surface area (Å²) >= 11 is 3.01. The molecular formula is C24H23N5O3S2. The van der Waals surface area contributed by atoms with E-state index in [2.05, 4.69) is 38.3 Å². The van der Waals surface area contributed by atoms with Gasteiger partial charge in [0.2, 0.25) is 5.91 Å². The van der Waals surface area contributed by atoms with Crippen LogP contribution in [0.5, 0.6) is 0 Å². The normalized spacial score (nSPS) is 10.9. The van der Waals surface area contributed by atoms with E-state index in [1.54, 1.807) is 24.3 Å². The molecule has 34 heavy (non-hydrogen) atoms. The summed E-state index contributed by atoms with van der Waals surface area (Å²) in [4.78, 5) is 24.3. The van der Waals surface area contributed by atoms with E-state index < -0.39 is 4.92 Å². The molecule has 0 fully saturated rings. The lowest BCUT2D eigenvalue weighted by molar-refractivity contribution is -0.384. The number of benzene rings is 2. The molecule has 4 aromatic rings. The van der Waals surface area contributed by atoms with Crippen LogP contribution in [0.4, 0.5) is 11.4 Å². The Bertz CT molecular complexity index is 1270. The largest absolute Gasteiger partial charge is 0.325 e. The van der Waals surface area contributed by atoms with Crippen LogP contribution in [0, 0.1) is 17.0 Å². The van der Waals surface area contributed by atoms with Crippen molar-refractivity contribution in [3.05, 3.63) is 98.0 Å². The summed E-state index contributed by atoms with van der Waals surface area (Å²) in [6.45, 7) is 2.44. The van der Waals surface area contributed by atoms with Crippen molar-refractivity contribution in [3.63, 3.8) is 0 Å². The Hall–Kier alpha value is -3.50. The van der Waals surface area contributed by atoms with Crippen molar-refractivity contribution in [3.8, 4) is 0 Å². The Morgan fingerprint density at radius 1 is 1.15 bits per heavy atom. The number of thiophene rings is 1. The minimum atomic E-state index is -0.454. The second kappa shape index (κ2) is 11.1. The van der Waals surface area contributed by atoms with Crippen LogP contribution in [-0.2, 0) is 24.2 Å². The van der Waals surface area contributed by atoms with E-state index in [0.29, 0.717) is 29.4 Å². The number of nitro benzene ring substituents is 1. The molecule has 1 N–H and O–H groups in total. The van der Waals surface area contributed by atoms with E-state index in [1.165, 1.54) is 34.3 Å². The number of non-ortho nitro benzene ring substituents is 1. The Labute approximate surface area is 205 Å². The van der Waals surface area contributed by atoms with Crippen LogP contribution >= 0.6 is 23.1 Å². The van der Waals surface area contributed by atoms with Crippen molar-refractivity contribution >= 4 is 40.4 Å². The number of amides is 1. The Morgan fingerprint density at radius 2 is 1.97 bits per heavy atom. The van der Waals surface area contributed by atoms with Gasteiger partial charge in [0.25, 0.3) is 5.69 Å². The molecule has 0 saturated heterocycles. The first kappa shape index (κ1) is 23.7. The number of rotatable bonds is 10. The molecule has 10 heteroatoms. The summed E-state index contributed by atoms with van der Waals surface area (Å²) in [5, 5.41) is 25.3. The van der Waals surface area contributed by atoms with Gasteiger partial charge in [-0.1, -0.05) is 48.2 Å². The first-order valence-corrected chi connectivity index (χ1v) is 12.5. The van der Waals surface area contributed by atoms with Crippen molar-refractivity contribution in [2.45, 2.75) is 31.5 Å². The van der Waals surface area contributed by atoms with Crippen LogP contribution < -0.4 is 5.32 Å². The van der Waals surface area contributed by atoms with Gasteiger partial charge in [0.05, 0.1) is 10.7 Å². The Morgan fingerprint density at radius 3 is 2.68 bits per heavy atom. The average Bonchev–Trinajstić information content (AvgIpc) is 3.48. The highest BCUT2D eigenvalue weighted by Gasteiger charge is 2.16. The van der Waals surface area contributed by atoms with Crippen LogP contribution in [0.3, 0.4) is 0 Å². The van der Waals surface area contributed by atoms with Crippen molar-refractivity contribution in [1.82, 2.24) is 14.8 Å². The summed E-state index contributed by atoms with van der Waals surface area (Å²) in [6, 6.07) is 18.7. The number of hydrogen-bond acceptors (Lipinski definition) is 7. The lowest BCUT2D eigenvalue weighted by Gasteiger charge is -2.11. The molecule has 8 nitrogen and oxygen atoms in total. The predicted octanol–water partition coefficient (Wildman–Crippen LogP) is 5.12. The third kappa shape index (κ3) is 6.09. The number of nitrogens with zero attached hydrogens (tertiary/aromatic N) is 4. The molecule has 0 bridgehead atoms. The summed E-state index contributed by atoms with van der Waals surface area (Å²) in [7, 11) is 0. The van der Waals surface area contributed by atoms with E-state index in [9.17, 15) is 14.9 Å². The highest BCUT2D eigenvalue weighted by atomic mass is 32.2. The first-order chi connectivity index (χ1) is 16.5. The maximum atomic E-state index is 12.6. The topological polar surface area (TPSA) is 103 Å². The fourth-order valence-corrected chi connectivity index (χ4v) is 4.94. The monoisotopic (exact) mass is 493 g/mol. The number of aromatic nitrogens is 3. The van der Waals surface area contributed by atoms with Crippen LogP contribution in [0.15, 0.2) is 71.2 Å². The van der Waals surface area contributed by atoms with Crippen molar-refractivity contribution in [1.29, 1.82) is 0 Å². The van der Waals surface area contributed by atoms with Crippen molar-refractivity contribution in [2.75, 3.05) is 11.1 Å². The molecule has 0 aliphatic carbocycles. The molecular weight excluding hydrogens is 470 g/mol. The van der Waals surface area contributed by atoms with Gasteiger partial charge >= 0.3 is 0 Å². The fraction of sp³-hybridized carbons (Fsp3) is 0.208. The number of hydrogen-bond donors (Lipinski definition) is 1. The molecule has 0 saturated carbocycles. The molecule has 1 amide bonds. The fourth-order valence-electron chi connectivity index (χ4n) is 3.45. The van der Waals surface area contributed by atoms with Crippen LogP contribution in [0.25, 0.3) is 0 Å². The molecule has 0 unspecified atom stereocenters. The molecule has 0 atom stereocenters. The predicted molar refractivity (Wildman–Crippen MR) is 134 cm³/mol. The van der Waals surface area contributed by atoms with E-state index in [-0.39, 0.29) is 17.3 Å². The molecule has 174 valence electrons.